The molecular weight excluding hydrogens is 282 g/mol. The molecule has 0 fully saturated rings. The van der Waals surface area contributed by atoms with E-state index in [0.29, 0.717) is 12.5 Å². The molecular formula is C15H17N5S. The van der Waals surface area contributed by atoms with Crippen molar-refractivity contribution < 1.29 is 0 Å². The van der Waals surface area contributed by atoms with Crippen molar-refractivity contribution in [1.82, 2.24) is 19.1 Å². The second-order valence-electron chi connectivity index (χ2n) is 5.05. The van der Waals surface area contributed by atoms with Crippen LogP contribution < -0.4 is 5.32 Å². The third kappa shape index (κ3) is 3.11. The monoisotopic (exact) mass is 299 g/mol. The van der Waals surface area contributed by atoms with Gasteiger partial charge in [-0.3, -0.25) is 0 Å². The van der Waals surface area contributed by atoms with Crippen LogP contribution in [0, 0.1) is 0 Å². The summed E-state index contributed by atoms with van der Waals surface area (Å²) in [4.78, 5) is 4.49. The molecule has 0 unspecified atom stereocenters. The topological polar surface area (TPSA) is 55.6 Å². The summed E-state index contributed by atoms with van der Waals surface area (Å²) >= 11 is 1.41. The first-order valence-corrected chi connectivity index (χ1v) is 7.67. The number of nitrogens with zero attached hydrogens (tertiary/aromatic N) is 4. The molecule has 0 bridgehead atoms. The van der Waals surface area contributed by atoms with Crippen molar-refractivity contribution in [2.45, 2.75) is 26.3 Å². The largest absolute Gasteiger partial charge is 0.356 e. The molecule has 0 radical (unpaired) electrons. The first kappa shape index (κ1) is 13.8. The maximum absolute atomic E-state index is 4.49. The van der Waals surface area contributed by atoms with Crippen molar-refractivity contribution in [3.8, 4) is 5.69 Å². The number of hydrogen-bond acceptors (Lipinski definition) is 5. The van der Waals surface area contributed by atoms with Crippen LogP contribution in [-0.4, -0.2) is 19.1 Å². The van der Waals surface area contributed by atoms with Crippen LogP contribution in [0.3, 0.4) is 0 Å². The van der Waals surface area contributed by atoms with Crippen molar-refractivity contribution in [3.05, 3.63) is 54.1 Å². The lowest BCUT2D eigenvalue weighted by Crippen LogP contribution is -2.05. The van der Waals surface area contributed by atoms with Crippen LogP contribution in [0.1, 0.15) is 31.2 Å². The van der Waals surface area contributed by atoms with Crippen LogP contribution >= 0.6 is 11.5 Å². The van der Waals surface area contributed by atoms with Crippen LogP contribution in [0.2, 0.25) is 0 Å². The molecule has 2 aromatic heterocycles. The lowest BCUT2D eigenvalue weighted by Gasteiger charge is -2.09. The predicted molar refractivity (Wildman–Crippen MR) is 84.9 cm³/mol. The van der Waals surface area contributed by atoms with E-state index in [0.717, 1.165) is 16.6 Å². The minimum Gasteiger partial charge on any atom is -0.356 e. The second kappa shape index (κ2) is 6.05. The summed E-state index contributed by atoms with van der Waals surface area (Å²) in [7, 11) is 0. The highest BCUT2D eigenvalue weighted by Crippen LogP contribution is 2.19. The Bertz CT molecular complexity index is 702. The van der Waals surface area contributed by atoms with E-state index in [1.165, 1.54) is 17.1 Å². The van der Waals surface area contributed by atoms with Crippen LogP contribution in [0.4, 0.5) is 5.13 Å². The first-order valence-electron chi connectivity index (χ1n) is 6.89. The van der Waals surface area contributed by atoms with Gasteiger partial charge in [-0.25, -0.2) is 9.67 Å². The van der Waals surface area contributed by atoms with Gasteiger partial charge in [0.15, 0.2) is 0 Å². The van der Waals surface area contributed by atoms with Crippen molar-refractivity contribution >= 4 is 16.7 Å². The molecule has 0 aliphatic carbocycles. The first-order chi connectivity index (χ1) is 10.2. The molecule has 2 heterocycles. The van der Waals surface area contributed by atoms with Crippen molar-refractivity contribution in [2.75, 3.05) is 5.32 Å². The highest BCUT2D eigenvalue weighted by atomic mass is 32.1. The summed E-state index contributed by atoms with van der Waals surface area (Å²) < 4.78 is 6.22. The lowest BCUT2D eigenvalue weighted by atomic mass is 10.2. The number of nitrogens with one attached hydrogen (secondary N) is 1. The van der Waals surface area contributed by atoms with E-state index >= 15 is 0 Å². The number of aromatic nitrogens is 4. The zero-order valence-electron chi connectivity index (χ0n) is 12.0. The Kier molecular flexibility index (Phi) is 3.96. The fourth-order valence-electron chi connectivity index (χ4n) is 2.01. The molecule has 0 spiro atoms. The molecule has 108 valence electrons. The number of para-hydroxylation sites is 1. The second-order valence-corrected chi connectivity index (χ2v) is 5.80. The Morgan fingerprint density at radius 1 is 1.24 bits per heavy atom. The van der Waals surface area contributed by atoms with E-state index in [4.69, 9.17) is 0 Å². The highest BCUT2D eigenvalue weighted by molar-refractivity contribution is 7.09. The number of anilines is 1. The Morgan fingerprint density at radius 2 is 2.10 bits per heavy atom. The minimum atomic E-state index is 0.355. The quantitative estimate of drug-likeness (QED) is 0.784. The van der Waals surface area contributed by atoms with E-state index < -0.39 is 0 Å². The van der Waals surface area contributed by atoms with E-state index in [2.05, 4.69) is 45.8 Å². The van der Waals surface area contributed by atoms with Crippen LogP contribution in [0.25, 0.3) is 5.69 Å². The van der Waals surface area contributed by atoms with Gasteiger partial charge in [-0.2, -0.15) is 9.47 Å². The van der Waals surface area contributed by atoms with Gasteiger partial charge in [-0.05, 0) is 17.7 Å². The van der Waals surface area contributed by atoms with Gasteiger partial charge in [0, 0.05) is 36.4 Å². The Labute approximate surface area is 127 Å². The fourth-order valence-corrected chi connectivity index (χ4v) is 2.71. The Morgan fingerprint density at radius 3 is 2.81 bits per heavy atom. The molecule has 0 amide bonds. The fraction of sp³-hybridized carbons (Fsp3) is 0.267. The molecule has 0 saturated heterocycles. The highest BCUT2D eigenvalue weighted by Gasteiger charge is 2.09. The third-order valence-corrected chi connectivity index (χ3v) is 3.82. The van der Waals surface area contributed by atoms with E-state index in [-0.39, 0.29) is 0 Å². The van der Waals surface area contributed by atoms with Gasteiger partial charge in [-0.1, -0.05) is 32.0 Å². The number of benzene rings is 1. The standard InChI is InChI=1S/C15H17N5S/c1-11(2)14-18-15(21-19-14)16-10-12-6-3-4-7-13(12)20-9-5-8-17-20/h3-9,11H,10H2,1-2H3,(H,16,18,19). The maximum atomic E-state index is 4.49. The number of rotatable bonds is 5. The van der Waals surface area contributed by atoms with Crippen molar-refractivity contribution in [2.24, 2.45) is 0 Å². The van der Waals surface area contributed by atoms with Crippen molar-refractivity contribution in [3.63, 3.8) is 0 Å². The third-order valence-electron chi connectivity index (χ3n) is 3.13. The average Bonchev–Trinajstić information content (AvgIpc) is 3.17. The molecule has 0 aliphatic heterocycles. The van der Waals surface area contributed by atoms with Gasteiger partial charge in [0.1, 0.15) is 5.82 Å². The molecule has 3 rings (SSSR count). The van der Waals surface area contributed by atoms with Gasteiger partial charge in [0.2, 0.25) is 5.13 Å². The molecule has 0 atom stereocenters. The van der Waals surface area contributed by atoms with E-state index in [1.54, 1.807) is 6.20 Å². The van der Waals surface area contributed by atoms with E-state index in [9.17, 15) is 0 Å². The van der Waals surface area contributed by atoms with Gasteiger partial charge < -0.3 is 5.32 Å². The van der Waals surface area contributed by atoms with Crippen LogP contribution in [0.15, 0.2) is 42.7 Å². The normalized spacial score (nSPS) is 11.0. The van der Waals surface area contributed by atoms with Gasteiger partial charge in [0.25, 0.3) is 0 Å². The summed E-state index contributed by atoms with van der Waals surface area (Å²) in [5.74, 6) is 1.25. The van der Waals surface area contributed by atoms with Crippen molar-refractivity contribution in [1.29, 1.82) is 0 Å². The summed E-state index contributed by atoms with van der Waals surface area (Å²) in [6.07, 6.45) is 3.73. The van der Waals surface area contributed by atoms with Gasteiger partial charge in [0.05, 0.1) is 5.69 Å². The Balaban J connectivity index is 1.76. The van der Waals surface area contributed by atoms with Crippen LogP contribution in [-0.2, 0) is 6.54 Å². The summed E-state index contributed by atoms with van der Waals surface area (Å²) in [6, 6.07) is 10.1. The minimum absolute atomic E-state index is 0.355. The average molecular weight is 299 g/mol. The number of hydrogen-bond donors (Lipinski definition) is 1. The summed E-state index contributed by atoms with van der Waals surface area (Å²) in [6.45, 7) is 4.89. The molecule has 0 saturated carbocycles. The zero-order valence-corrected chi connectivity index (χ0v) is 12.8. The van der Waals surface area contributed by atoms with E-state index in [1.807, 2.05) is 29.1 Å². The van der Waals surface area contributed by atoms with Gasteiger partial charge in [-0.15, -0.1) is 0 Å². The summed E-state index contributed by atoms with van der Waals surface area (Å²) in [5.41, 5.74) is 2.24. The molecule has 6 heteroatoms. The molecule has 1 N–H and O–H groups in total. The molecule has 1 aromatic carbocycles. The summed E-state index contributed by atoms with van der Waals surface area (Å²) in [5, 5.41) is 8.49. The molecule has 3 aromatic rings. The van der Waals surface area contributed by atoms with Crippen LogP contribution in [0.5, 0.6) is 0 Å². The lowest BCUT2D eigenvalue weighted by molar-refractivity contribution is 0.799. The molecule has 0 aliphatic rings. The molecule has 5 nitrogen and oxygen atoms in total. The predicted octanol–water partition coefficient (Wildman–Crippen LogP) is 3.46. The zero-order chi connectivity index (χ0) is 14.7. The SMILES string of the molecule is CC(C)c1nsc(NCc2ccccc2-n2cccn2)n1. The molecule has 21 heavy (non-hydrogen) atoms. The maximum Gasteiger partial charge on any atom is 0.202 e. The Hall–Kier alpha value is -2.21. The van der Waals surface area contributed by atoms with Gasteiger partial charge >= 0.3 is 0 Å². The smallest absolute Gasteiger partial charge is 0.202 e.